The van der Waals surface area contributed by atoms with Gasteiger partial charge in [0.15, 0.2) is 0 Å². The second kappa shape index (κ2) is 6.75. The van der Waals surface area contributed by atoms with Crippen LogP contribution in [0.25, 0.3) is 0 Å². The second-order valence-electron chi connectivity index (χ2n) is 4.65. The number of carbonyl (C=O) groups excluding carboxylic acids is 1. The van der Waals surface area contributed by atoms with Crippen molar-refractivity contribution >= 4 is 17.7 Å². The molecule has 0 unspecified atom stereocenters. The minimum absolute atomic E-state index is 0.109. The maximum absolute atomic E-state index is 11.8. The predicted molar refractivity (Wildman–Crippen MR) is 73.3 cm³/mol. The first kappa shape index (κ1) is 13.4. The molecule has 0 aliphatic heterocycles. The fourth-order valence-corrected chi connectivity index (χ4v) is 2.81. The van der Waals surface area contributed by atoms with Crippen LogP contribution in [-0.2, 0) is 4.79 Å². The molecule has 5 heteroatoms. The predicted octanol–water partition coefficient (Wildman–Crippen LogP) is 1.56. The van der Waals surface area contributed by atoms with Crippen molar-refractivity contribution in [1.82, 2.24) is 10.3 Å². The van der Waals surface area contributed by atoms with Crippen LogP contribution < -0.4 is 11.1 Å². The molecule has 1 aliphatic rings. The van der Waals surface area contributed by atoms with Gasteiger partial charge in [-0.05, 0) is 37.8 Å². The van der Waals surface area contributed by atoms with Crippen LogP contribution in [0.3, 0.4) is 0 Å². The number of nitrogens with two attached hydrogens (primary N) is 1. The Labute approximate surface area is 112 Å². The Morgan fingerprint density at radius 2 is 2.00 bits per heavy atom. The number of amides is 1. The molecule has 1 heterocycles. The molecule has 1 saturated carbocycles. The standard InChI is InChI=1S/C13H19N3OS/c14-10-1-3-11(4-2-10)16-13(17)9-18-12-5-7-15-8-6-12/h5-8,10-11H,1-4,9,14H2,(H,16,17). The van der Waals surface area contributed by atoms with Gasteiger partial charge in [-0.3, -0.25) is 9.78 Å². The third-order valence-electron chi connectivity index (χ3n) is 3.16. The van der Waals surface area contributed by atoms with E-state index in [0.717, 1.165) is 30.6 Å². The lowest BCUT2D eigenvalue weighted by Crippen LogP contribution is -2.41. The number of thioether (sulfide) groups is 1. The number of aromatic nitrogens is 1. The second-order valence-corrected chi connectivity index (χ2v) is 5.70. The average Bonchev–Trinajstić information content (AvgIpc) is 2.40. The molecule has 0 radical (unpaired) electrons. The zero-order valence-corrected chi connectivity index (χ0v) is 11.2. The van der Waals surface area contributed by atoms with Gasteiger partial charge in [0.05, 0.1) is 5.75 Å². The van der Waals surface area contributed by atoms with Crippen molar-refractivity contribution in [2.45, 2.75) is 42.7 Å². The fourth-order valence-electron chi connectivity index (χ4n) is 2.12. The zero-order valence-electron chi connectivity index (χ0n) is 10.3. The smallest absolute Gasteiger partial charge is 0.230 e. The number of hydrogen-bond acceptors (Lipinski definition) is 4. The van der Waals surface area contributed by atoms with E-state index in [-0.39, 0.29) is 5.91 Å². The van der Waals surface area contributed by atoms with Gasteiger partial charge in [0.1, 0.15) is 0 Å². The van der Waals surface area contributed by atoms with Crippen molar-refractivity contribution in [3.05, 3.63) is 24.5 Å². The highest BCUT2D eigenvalue weighted by molar-refractivity contribution is 8.00. The summed E-state index contributed by atoms with van der Waals surface area (Å²) in [5.41, 5.74) is 5.84. The molecule has 1 aliphatic carbocycles. The van der Waals surface area contributed by atoms with Gasteiger partial charge in [-0.15, -0.1) is 11.8 Å². The van der Waals surface area contributed by atoms with Crippen molar-refractivity contribution in [3.8, 4) is 0 Å². The summed E-state index contributed by atoms with van der Waals surface area (Å²) >= 11 is 1.54. The Hall–Kier alpha value is -1.07. The van der Waals surface area contributed by atoms with E-state index in [9.17, 15) is 4.79 Å². The SMILES string of the molecule is NC1CCC(NC(=O)CSc2ccncc2)CC1. The molecular weight excluding hydrogens is 246 g/mol. The molecule has 0 aromatic carbocycles. The van der Waals surface area contributed by atoms with Gasteiger partial charge >= 0.3 is 0 Å². The molecular formula is C13H19N3OS. The Morgan fingerprint density at radius 1 is 1.33 bits per heavy atom. The van der Waals surface area contributed by atoms with Crippen LogP contribution >= 0.6 is 11.8 Å². The Bertz CT molecular complexity index is 377. The molecule has 98 valence electrons. The zero-order chi connectivity index (χ0) is 12.8. The van der Waals surface area contributed by atoms with Gasteiger partial charge < -0.3 is 11.1 Å². The van der Waals surface area contributed by atoms with Crippen LogP contribution in [0.2, 0.25) is 0 Å². The first-order valence-electron chi connectivity index (χ1n) is 6.32. The molecule has 0 bridgehead atoms. The molecule has 1 aromatic rings. The molecule has 0 spiro atoms. The maximum Gasteiger partial charge on any atom is 0.230 e. The van der Waals surface area contributed by atoms with Gasteiger partial charge in [-0.1, -0.05) is 0 Å². The fraction of sp³-hybridized carbons (Fsp3) is 0.538. The summed E-state index contributed by atoms with van der Waals surface area (Å²) < 4.78 is 0. The van der Waals surface area contributed by atoms with Gasteiger partial charge in [0, 0.05) is 29.4 Å². The highest BCUT2D eigenvalue weighted by atomic mass is 32.2. The first-order chi connectivity index (χ1) is 8.74. The van der Waals surface area contributed by atoms with Crippen molar-refractivity contribution in [3.63, 3.8) is 0 Å². The summed E-state index contributed by atoms with van der Waals surface area (Å²) in [7, 11) is 0. The van der Waals surface area contributed by atoms with E-state index in [0.29, 0.717) is 17.8 Å². The lowest BCUT2D eigenvalue weighted by molar-refractivity contribution is -0.119. The van der Waals surface area contributed by atoms with Crippen molar-refractivity contribution in [2.75, 3.05) is 5.75 Å². The van der Waals surface area contributed by atoms with E-state index in [1.165, 1.54) is 0 Å². The number of rotatable bonds is 4. The van der Waals surface area contributed by atoms with E-state index >= 15 is 0 Å². The van der Waals surface area contributed by atoms with Gasteiger partial charge in [0.25, 0.3) is 0 Å². The summed E-state index contributed by atoms with van der Waals surface area (Å²) in [5, 5.41) is 3.08. The Balaban J connectivity index is 1.69. The molecule has 1 aromatic heterocycles. The first-order valence-corrected chi connectivity index (χ1v) is 7.30. The Kier molecular flexibility index (Phi) is 5.01. The minimum atomic E-state index is 0.109. The molecule has 2 rings (SSSR count). The summed E-state index contributed by atoms with van der Waals surface area (Å²) in [5.74, 6) is 0.573. The summed E-state index contributed by atoms with van der Waals surface area (Å²) in [6, 6.07) is 4.47. The number of pyridine rings is 1. The quantitative estimate of drug-likeness (QED) is 0.811. The lowest BCUT2D eigenvalue weighted by Gasteiger charge is -2.26. The van der Waals surface area contributed by atoms with Crippen molar-refractivity contribution in [2.24, 2.45) is 5.73 Å². The highest BCUT2D eigenvalue weighted by Gasteiger charge is 2.19. The normalized spacial score (nSPS) is 23.6. The molecule has 0 atom stereocenters. The monoisotopic (exact) mass is 265 g/mol. The summed E-state index contributed by atoms with van der Waals surface area (Å²) in [6.45, 7) is 0. The molecule has 1 fully saturated rings. The van der Waals surface area contributed by atoms with E-state index in [4.69, 9.17) is 5.73 Å². The van der Waals surface area contributed by atoms with Crippen molar-refractivity contribution < 1.29 is 4.79 Å². The van der Waals surface area contributed by atoms with Crippen molar-refractivity contribution in [1.29, 1.82) is 0 Å². The maximum atomic E-state index is 11.8. The van der Waals surface area contributed by atoms with Gasteiger partial charge in [-0.2, -0.15) is 0 Å². The van der Waals surface area contributed by atoms with E-state index in [1.54, 1.807) is 24.2 Å². The van der Waals surface area contributed by atoms with Crippen LogP contribution in [-0.4, -0.2) is 28.7 Å². The van der Waals surface area contributed by atoms with E-state index in [1.807, 2.05) is 12.1 Å². The third kappa shape index (κ3) is 4.31. The molecule has 1 amide bonds. The molecule has 0 saturated heterocycles. The van der Waals surface area contributed by atoms with Crippen LogP contribution in [0.4, 0.5) is 0 Å². The van der Waals surface area contributed by atoms with Gasteiger partial charge in [-0.25, -0.2) is 0 Å². The number of nitrogens with one attached hydrogen (secondary N) is 1. The summed E-state index contributed by atoms with van der Waals surface area (Å²) in [6.07, 6.45) is 7.52. The number of carbonyl (C=O) groups is 1. The van der Waals surface area contributed by atoms with Crippen LogP contribution in [0.5, 0.6) is 0 Å². The number of hydrogen-bond donors (Lipinski definition) is 2. The van der Waals surface area contributed by atoms with Crippen LogP contribution in [0.1, 0.15) is 25.7 Å². The van der Waals surface area contributed by atoms with Crippen LogP contribution in [0.15, 0.2) is 29.4 Å². The molecule has 3 N–H and O–H groups in total. The largest absolute Gasteiger partial charge is 0.353 e. The molecule has 18 heavy (non-hydrogen) atoms. The Morgan fingerprint density at radius 3 is 2.67 bits per heavy atom. The number of nitrogens with zero attached hydrogens (tertiary/aromatic N) is 1. The third-order valence-corrected chi connectivity index (χ3v) is 4.17. The van der Waals surface area contributed by atoms with Crippen LogP contribution in [0, 0.1) is 0 Å². The molecule has 4 nitrogen and oxygen atoms in total. The minimum Gasteiger partial charge on any atom is -0.353 e. The van der Waals surface area contributed by atoms with E-state index in [2.05, 4.69) is 10.3 Å². The highest BCUT2D eigenvalue weighted by Crippen LogP contribution is 2.18. The van der Waals surface area contributed by atoms with Gasteiger partial charge in [0.2, 0.25) is 5.91 Å². The average molecular weight is 265 g/mol. The lowest BCUT2D eigenvalue weighted by atomic mass is 9.92. The summed E-state index contributed by atoms with van der Waals surface area (Å²) in [4.78, 5) is 16.8. The van der Waals surface area contributed by atoms with E-state index < -0.39 is 0 Å². The topological polar surface area (TPSA) is 68.0 Å².